The summed E-state index contributed by atoms with van der Waals surface area (Å²) in [6.45, 7) is 9.99. The SMILES string of the molecule is CCC[C@@H](N[C@H]1CCc2cc(F)cc(F)c2C1)C(=O)Nc1cn(-c2ccccc2CNC2CCN(C(=O)C(C)(C)C)C2)cn1. The van der Waals surface area contributed by atoms with E-state index in [-0.39, 0.29) is 29.3 Å². The fourth-order valence-electron chi connectivity index (χ4n) is 6.28. The number of hydrogen-bond donors (Lipinski definition) is 3. The zero-order valence-corrected chi connectivity index (χ0v) is 26.1. The number of likely N-dealkylation sites (tertiary alicyclic amines) is 1. The Labute approximate surface area is 258 Å². The number of anilines is 1. The average molecular weight is 607 g/mol. The van der Waals surface area contributed by atoms with Crippen LogP contribution in [0.25, 0.3) is 5.69 Å². The molecule has 0 bridgehead atoms. The minimum atomic E-state index is -0.552. The maximum Gasteiger partial charge on any atom is 0.242 e. The van der Waals surface area contributed by atoms with Crippen molar-refractivity contribution in [1.29, 1.82) is 0 Å². The molecule has 3 atom stereocenters. The van der Waals surface area contributed by atoms with Crippen LogP contribution in [0.3, 0.4) is 0 Å². The number of nitrogens with zero attached hydrogens (tertiary/aromatic N) is 3. The van der Waals surface area contributed by atoms with Gasteiger partial charge in [0.1, 0.15) is 18.0 Å². The molecule has 1 fully saturated rings. The monoisotopic (exact) mass is 606 g/mol. The van der Waals surface area contributed by atoms with Gasteiger partial charge in [0.05, 0.1) is 17.9 Å². The Morgan fingerprint density at radius 1 is 1.11 bits per heavy atom. The number of carbonyl (C=O) groups excluding carboxylic acids is 2. The smallest absolute Gasteiger partial charge is 0.242 e. The lowest BCUT2D eigenvalue weighted by atomic mass is 9.87. The predicted octanol–water partition coefficient (Wildman–Crippen LogP) is 5.14. The quantitative estimate of drug-likeness (QED) is 0.297. The van der Waals surface area contributed by atoms with Crippen LogP contribution in [0.1, 0.15) is 70.1 Å². The second-order valence-corrected chi connectivity index (χ2v) is 13.1. The van der Waals surface area contributed by atoms with Gasteiger partial charge in [-0.05, 0) is 60.9 Å². The third-order valence-corrected chi connectivity index (χ3v) is 8.60. The molecule has 0 radical (unpaired) electrons. The van der Waals surface area contributed by atoms with E-state index >= 15 is 0 Å². The van der Waals surface area contributed by atoms with Crippen LogP contribution in [0, 0.1) is 17.0 Å². The number of benzene rings is 2. The number of carbonyl (C=O) groups is 2. The van der Waals surface area contributed by atoms with E-state index in [1.54, 1.807) is 12.5 Å². The zero-order chi connectivity index (χ0) is 31.4. The fourth-order valence-corrected chi connectivity index (χ4v) is 6.28. The van der Waals surface area contributed by atoms with E-state index in [0.29, 0.717) is 55.7 Å². The van der Waals surface area contributed by atoms with Gasteiger partial charge < -0.3 is 25.4 Å². The number of halogens is 2. The van der Waals surface area contributed by atoms with Gasteiger partial charge in [0.25, 0.3) is 0 Å². The van der Waals surface area contributed by atoms with Crippen molar-refractivity contribution < 1.29 is 18.4 Å². The Hall–Kier alpha value is -3.63. The first-order valence-corrected chi connectivity index (χ1v) is 15.7. The van der Waals surface area contributed by atoms with Crippen LogP contribution in [0.2, 0.25) is 0 Å². The molecular formula is C34H44F2N6O2. The summed E-state index contributed by atoms with van der Waals surface area (Å²) in [6, 6.07) is 10.1. The second-order valence-electron chi connectivity index (χ2n) is 13.1. The molecule has 1 saturated heterocycles. The van der Waals surface area contributed by atoms with E-state index < -0.39 is 17.7 Å². The number of fused-ring (bicyclic) bond motifs is 1. The van der Waals surface area contributed by atoms with Gasteiger partial charge in [0, 0.05) is 43.2 Å². The van der Waals surface area contributed by atoms with Crippen molar-refractivity contribution in [2.24, 2.45) is 5.41 Å². The van der Waals surface area contributed by atoms with Crippen LogP contribution in [-0.4, -0.2) is 57.5 Å². The molecule has 1 unspecified atom stereocenters. The second kappa shape index (κ2) is 13.6. The average Bonchev–Trinajstić information content (AvgIpc) is 3.65. The summed E-state index contributed by atoms with van der Waals surface area (Å²) in [4.78, 5) is 32.4. The molecular weight excluding hydrogens is 562 g/mol. The van der Waals surface area contributed by atoms with Gasteiger partial charge in [0.2, 0.25) is 11.8 Å². The topological polar surface area (TPSA) is 91.3 Å². The largest absolute Gasteiger partial charge is 0.341 e. The van der Waals surface area contributed by atoms with E-state index in [9.17, 15) is 18.4 Å². The number of hydrogen-bond acceptors (Lipinski definition) is 5. The summed E-state index contributed by atoms with van der Waals surface area (Å²) in [5, 5.41) is 10.0. The minimum Gasteiger partial charge on any atom is -0.341 e. The van der Waals surface area contributed by atoms with E-state index in [1.165, 1.54) is 6.07 Å². The van der Waals surface area contributed by atoms with Gasteiger partial charge in [-0.3, -0.25) is 9.59 Å². The molecule has 0 saturated carbocycles. The number of imidazole rings is 1. The molecule has 3 N–H and O–H groups in total. The summed E-state index contributed by atoms with van der Waals surface area (Å²) < 4.78 is 30.0. The third-order valence-electron chi connectivity index (χ3n) is 8.60. The first-order valence-electron chi connectivity index (χ1n) is 15.7. The molecule has 2 aliphatic rings. The number of aryl methyl sites for hydroxylation is 1. The van der Waals surface area contributed by atoms with Crippen LogP contribution in [0.4, 0.5) is 14.6 Å². The highest BCUT2D eigenvalue weighted by atomic mass is 19.1. The Bertz CT molecular complexity index is 1480. The third kappa shape index (κ3) is 7.53. The van der Waals surface area contributed by atoms with Gasteiger partial charge >= 0.3 is 0 Å². The maximum absolute atomic E-state index is 14.4. The Morgan fingerprint density at radius 2 is 1.91 bits per heavy atom. The van der Waals surface area contributed by atoms with Gasteiger partial charge in [-0.25, -0.2) is 13.8 Å². The van der Waals surface area contributed by atoms with Crippen LogP contribution >= 0.6 is 0 Å². The normalized spacial score (nSPS) is 19.1. The van der Waals surface area contributed by atoms with Crippen LogP contribution in [0.15, 0.2) is 48.9 Å². The van der Waals surface area contributed by atoms with Crippen molar-refractivity contribution in [2.75, 3.05) is 18.4 Å². The zero-order valence-electron chi connectivity index (χ0n) is 26.1. The van der Waals surface area contributed by atoms with E-state index in [0.717, 1.165) is 36.7 Å². The Balaban J connectivity index is 1.19. The van der Waals surface area contributed by atoms with Gasteiger partial charge in [0.15, 0.2) is 5.82 Å². The van der Waals surface area contributed by atoms with Gasteiger partial charge in [-0.15, -0.1) is 0 Å². The Morgan fingerprint density at radius 3 is 2.68 bits per heavy atom. The fraction of sp³-hybridized carbons (Fsp3) is 0.500. The van der Waals surface area contributed by atoms with E-state index in [2.05, 4.69) is 27.0 Å². The minimum absolute atomic E-state index is 0.0831. The lowest BCUT2D eigenvalue weighted by molar-refractivity contribution is -0.138. The summed E-state index contributed by atoms with van der Waals surface area (Å²) in [6.07, 6.45) is 7.51. The standard InChI is InChI=1S/C34H44F2N6O2/c1-5-8-29(39-25-12-11-22-15-24(35)16-28(36)27(22)17-25)32(43)40-31-20-42(21-38-31)30-10-7-6-9-23(30)18-37-26-13-14-41(19-26)33(44)34(2,3)4/h6-7,9-10,15-16,20-21,25-26,29,37,39H,5,8,11-14,17-19H2,1-4H3,(H,40,43)/t25-,26?,29+/m0/s1. The molecule has 2 aromatic carbocycles. The molecule has 10 heteroatoms. The molecule has 5 rings (SSSR count). The first-order chi connectivity index (χ1) is 21.0. The van der Waals surface area contributed by atoms with Crippen LogP contribution in [0.5, 0.6) is 0 Å². The lowest BCUT2D eigenvalue weighted by Crippen LogP contribution is -2.48. The molecule has 44 heavy (non-hydrogen) atoms. The molecule has 2 amide bonds. The molecule has 236 valence electrons. The molecule has 1 aliphatic heterocycles. The van der Waals surface area contributed by atoms with Crippen molar-refractivity contribution in [3.8, 4) is 5.69 Å². The molecule has 8 nitrogen and oxygen atoms in total. The molecule has 1 aromatic heterocycles. The van der Waals surface area contributed by atoms with E-state index in [1.807, 2.05) is 55.4 Å². The van der Waals surface area contributed by atoms with Crippen molar-refractivity contribution in [3.63, 3.8) is 0 Å². The van der Waals surface area contributed by atoms with Crippen LogP contribution < -0.4 is 16.0 Å². The predicted molar refractivity (Wildman–Crippen MR) is 167 cm³/mol. The number of para-hydroxylation sites is 1. The van der Waals surface area contributed by atoms with E-state index in [4.69, 9.17) is 0 Å². The summed E-state index contributed by atoms with van der Waals surface area (Å²) in [5.41, 5.74) is 2.89. The number of rotatable bonds is 10. The highest BCUT2D eigenvalue weighted by molar-refractivity contribution is 5.94. The van der Waals surface area contributed by atoms with Crippen molar-refractivity contribution in [3.05, 3.63) is 77.2 Å². The number of nitrogens with one attached hydrogen (secondary N) is 3. The number of aromatic nitrogens is 2. The van der Waals surface area contributed by atoms with Gasteiger partial charge in [-0.2, -0.15) is 0 Å². The van der Waals surface area contributed by atoms with Crippen molar-refractivity contribution >= 4 is 17.6 Å². The molecule has 1 aliphatic carbocycles. The van der Waals surface area contributed by atoms with Gasteiger partial charge in [-0.1, -0.05) is 52.3 Å². The highest BCUT2D eigenvalue weighted by Gasteiger charge is 2.33. The number of amides is 2. The molecule has 3 aromatic rings. The van der Waals surface area contributed by atoms with Crippen molar-refractivity contribution in [2.45, 2.75) is 90.9 Å². The molecule has 0 spiro atoms. The lowest BCUT2D eigenvalue weighted by Gasteiger charge is -2.29. The summed E-state index contributed by atoms with van der Waals surface area (Å²) in [7, 11) is 0. The summed E-state index contributed by atoms with van der Waals surface area (Å²) in [5.74, 6) is -0.633. The maximum atomic E-state index is 14.4. The Kier molecular flexibility index (Phi) is 9.80. The summed E-state index contributed by atoms with van der Waals surface area (Å²) >= 11 is 0. The molecule has 2 heterocycles. The van der Waals surface area contributed by atoms with Crippen LogP contribution in [-0.2, 0) is 29.0 Å². The van der Waals surface area contributed by atoms with Crippen molar-refractivity contribution in [1.82, 2.24) is 25.1 Å². The first kappa shape index (κ1) is 31.8. The highest BCUT2D eigenvalue weighted by Crippen LogP contribution is 2.26.